The standard InChI is InChI=1S/C11H19N3/c1-5-14(4)9-6-7-11(13(2)3)10(12)8-9/h6-8H,5,12H2,1-4H3. The van der Waals surface area contributed by atoms with Gasteiger partial charge in [0.25, 0.3) is 0 Å². The topological polar surface area (TPSA) is 32.5 Å². The average Bonchev–Trinajstić information content (AvgIpc) is 2.15. The third-order valence-corrected chi connectivity index (χ3v) is 2.41. The summed E-state index contributed by atoms with van der Waals surface area (Å²) in [7, 11) is 6.05. The van der Waals surface area contributed by atoms with Crippen LogP contribution in [-0.4, -0.2) is 27.7 Å². The minimum atomic E-state index is 0.827. The lowest BCUT2D eigenvalue weighted by Gasteiger charge is -2.20. The summed E-state index contributed by atoms with van der Waals surface area (Å²) < 4.78 is 0. The summed E-state index contributed by atoms with van der Waals surface area (Å²) in [5.41, 5.74) is 9.00. The molecule has 0 unspecified atom stereocenters. The van der Waals surface area contributed by atoms with E-state index < -0.39 is 0 Å². The second-order valence-corrected chi connectivity index (χ2v) is 3.65. The molecule has 0 aromatic heterocycles. The highest BCUT2D eigenvalue weighted by molar-refractivity contribution is 5.72. The van der Waals surface area contributed by atoms with Crippen LogP contribution in [0.4, 0.5) is 17.1 Å². The van der Waals surface area contributed by atoms with Crippen LogP contribution in [0.1, 0.15) is 6.92 Å². The molecule has 0 bridgehead atoms. The molecule has 0 aliphatic heterocycles. The van der Waals surface area contributed by atoms with Crippen LogP contribution in [-0.2, 0) is 0 Å². The number of hydrogen-bond acceptors (Lipinski definition) is 3. The van der Waals surface area contributed by atoms with Gasteiger partial charge in [-0.15, -0.1) is 0 Å². The second-order valence-electron chi connectivity index (χ2n) is 3.65. The molecule has 0 saturated heterocycles. The molecular formula is C11H19N3. The zero-order valence-electron chi connectivity index (χ0n) is 9.41. The number of rotatable bonds is 3. The Labute approximate surface area is 86.1 Å². The maximum atomic E-state index is 5.95. The van der Waals surface area contributed by atoms with Crippen LogP contribution in [0.3, 0.4) is 0 Å². The van der Waals surface area contributed by atoms with Crippen molar-refractivity contribution < 1.29 is 0 Å². The monoisotopic (exact) mass is 193 g/mol. The van der Waals surface area contributed by atoms with Crippen LogP contribution in [0.2, 0.25) is 0 Å². The van der Waals surface area contributed by atoms with Gasteiger partial charge in [-0.25, -0.2) is 0 Å². The van der Waals surface area contributed by atoms with E-state index in [0.717, 1.165) is 23.6 Å². The van der Waals surface area contributed by atoms with Crippen LogP contribution < -0.4 is 15.5 Å². The van der Waals surface area contributed by atoms with E-state index in [1.165, 1.54) is 0 Å². The first-order chi connectivity index (χ1) is 6.56. The largest absolute Gasteiger partial charge is 0.397 e. The van der Waals surface area contributed by atoms with Gasteiger partial charge in [0.2, 0.25) is 0 Å². The maximum Gasteiger partial charge on any atom is 0.0596 e. The van der Waals surface area contributed by atoms with E-state index in [0.29, 0.717) is 0 Å². The Hall–Kier alpha value is -1.38. The van der Waals surface area contributed by atoms with E-state index in [2.05, 4.69) is 31.0 Å². The van der Waals surface area contributed by atoms with E-state index in [9.17, 15) is 0 Å². The van der Waals surface area contributed by atoms with Crippen molar-refractivity contribution in [2.24, 2.45) is 0 Å². The number of nitrogens with two attached hydrogens (primary N) is 1. The number of hydrogen-bond donors (Lipinski definition) is 1. The molecule has 1 aromatic rings. The van der Waals surface area contributed by atoms with E-state index in [4.69, 9.17) is 5.73 Å². The Kier molecular flexibility index (Phi) is 3.23. The van der Waals surface area contributed by atoms with Crippen LogP contribution in [0.15, 0.2) is 18.2 Å². The fourth-order valence-electron chi connectivity index (χ4n) is 1.37. The van der Waals surface area contributed by atoms with E-state index in [1.54, 1.807) is 0 Å². The van der Waals surface area contributed by atoms with Gasteiger partial charge >= 0.3 is 0 Å². The van der Waals surface area contributed by atoms with Gasteiger partial charge < -0.3 is 15.5 Å². The number of benzene rings is 1. The average molecular weight is 193 g/mol. The molecule has 0 heterocycles. The molecule has 3 heteroatoms. The first kappa shape index (κ1) is 10.7. The molecule has 0 saturated carbocycles. The smallest absolute Gasteiger partial charge is 0.0596 e. The van der Waals surface area contributed by atoms with Crippen molar-refractivity contribution in [3.63, 3.8) is 0 Å². The van der Waals surface area contributed by atoms with Crippen molar-refractivity contribution in [3.05, 3.63) is 18.2 Å². The second kappa shape index (κ2) is 4.22. The molecule has 2 N–H and O–H groups in total. The summed E-state index contributed by atoms with van der Waals surface area (Å²) in [4.78, 5) is 4.18. The van der Waals surface area contributed by atoms with Crippen molar-refractivity contribution in [3.8, 4) is 0 Å². The predicted octanol–water partition coefficient (Wildman–Crippen LogP) is 1.79. The summed E-state index contributed by atoms with van der Waals surface area (Å²) >= 11 is 0. The summed E-state index contributed by atoms with van der Waals surface area (Å²) in [6.07, 6.45) is 0. The van der Waals surface area contributed by atoms with Gasteiger partial charge in [-0.05, 0) is 25.1 Å². The molecule has 0 spiro atoms. The molecule has 0 aliphatic rings. The number of anilines is 3. The third-order valence-electron chi connectivity index (χ3n) is 2.41. The van der Waals surface area contributed by atoms with Gasteiger partial charge in [0, 0.05) is 33.4 Å². The SMILES string of the molecule is CCN(C)c1ccc(N(C)C)c(N)c1. The summed E-state index contributed by atoms with van der Waals surface area (Å²) in [5.74, 6) is 0. The summed E-state index contributed by atoms with van der Waals surface area (Å²) in [5, 5.41) is 0. The molecular weight excluding hydrogens is 174 g/mol. The summed E-state index contributed by atoms with van der Waals surface area (Å²) in [6.45, 7) is 3.11. The van der Waals surface area contributed by atoms with Gasteiger partial charge in [0.15, 0.2) is 0 Å². The molecule has 78 valence electrons. The van der Waals surface area contributed by atoms with Crippen molar-refractivity contribution in [2.75, 3.05) is 43.2 Å². The summed E-state index contributed by atoms with van der Waals surface area (Å²) in [6, 6.07) is 6.16. The first-order valence-corrected chi connectivity index (χ1v) is 4.84. The van der Waals surface area contributed by atoms with E-state index in [-0.39, 0.29) is 0 Å². The first-order valence-electron chi connectivity index (χ1n) is 4.84. The Bertz CT molecular complexity index is 307. The zero-order valence-corrected chi connectivity index (χ0v) is 9.41. The van der Waals surface area contributed by atoms with Crippen LogP contribution in [0.5, 0.6) is 0 Å². The van der Waals surface area contributed by atoms with E-state index >= 15 is 0 Å². The molecule has 0 atom stereocenters. The van der Waals surface area contributed by atoms with Gasteiger partial charge in [-0.2, -0.15) is 0 Å². The van der Waals surface area contributed by atoms with Crippen LogP contribution >= 0.6 is 0 Å². The molecule has 0 amide bonds. The fraction of sp³-hybridized carbons (Fsp3) is 0.455. The lowest BCUT2D eigenvalue weighted by molar-refractivity contribution is 0.968. The zero-order chi connectivity index (χ0) is 10.7. The van der Waals surface area contributed by atoms with Gasteiger partial charge in [-0.3, -0.25) is 0 Å². The van der Waals surface area contributed by atoms with Crippen LogP contribution in [0, 0.1) is 0 Å². The Morgan fingerprint density at radius 2 is 1.86 bits per heavy atom. The lowest BCUT2D eigenvalue weighted by Crippen LogP contribution is -2.17. The molecule has 0 radical (unpaired) electrons. The Morgan fingerprint density at radius 3 is 2.29 bits per heavy atom. The van der Waals surface area contributed by atoms with Gasteiger partial charge in [0.1, 0.15) is 0 Å². The van der Waals surface area contributed by atoms with Crippen molar-refractivity contribution >= 4 is 17.1 Å². The molecule has 3 nitrogen and oxygen atoms in total. The Balaban J connectivity index is 3.00. The normalized spacial score (nSPS) is 10.0. The lowest BCUT2D eigenvalue weighted by atomic mass is 10.2. The highest BCUT2D eigenvalue weighted by Gasteiger charge is 2.04. The molecule has 1 aromatic carbocycles. The molecule has 14 heavy (non-hydrogen) atoms. The van der Waals surface area contributed by atoms with Gasteiger partial charge in [-0.1, -0.05) is 0 Å². The maximum absolute atomic E-state index is 5.95. The highest BCUT2D eigenvalue weighted by Crippen LogP contribution is 2.26. The molecule has 1 rings (SSSR count). The fourth-order valence-corrected chi connectivity index (χ4v) is 1.37. The van der Waals surface area contributed by atoms with Crippen molar-refractivity contribution in [2.45, 2.75) is 6.92 Å². The molecule has 0 fully saturated rings. The number of nitrogens with zero attached hydrogens (tertiary/aromatic N) is 2. The minimum Gasteiger partial charge on any atom is -0.397 e. The van der Waals surface area contributed by atoms with E-state index in [1.807, 2.05) is 25.1 Å². The minimum absolute atomic E-state index is 0.827. The van der Waals surface area contributed by atoms with Crippen LogP contribution in [0.25, 0.3) is 0 Å². The molecule has 0 aliphatic carbocycles. The van der Waals surface area contributed by atoms with Crippen molar-refractivity contribution in [1.29, 1.82) is 0 Å². The Morgan fingerprint density at radius 1 is 1.21 bits per heavy atom. The van der Waals surface area contributed by atoms with Gasteiger partial charge in [0.05, 0.1) is 11.4 Å². The quantitative estimate of drug-likeness (QED) is 0.743. The third kappa shape index (κ3) is 2.10. The highest BCUT2D eigenvalue weighted by atomic mass is 15.1. The number of nitrogen functional groups attached to an aromatic ring is 1. The predicted molar refractivity (Wildman–Crippen MR) is 64.1 cm³/mol. The van der Waals surface area contributed by atoms with Crippen molar-refractivity contribution in [1.82, 2.24) is 0 Å².